The van der Waals surface area contributed by atoms with Gasteiger partial charge in [0.15, 0.2) is 0 Å². The standard InChI is InChI=1S/C28H32N2O5/c31-26(30-11-5-6-20(30)15-27(32)33)14-18-12-19(13-18)16-29-28(34)35-17-25-23-9-3-1-7-21(23)22-8-2-4-10-24(22)25/h1-4,7-10,18-20,25H,5-6,11-17H2,(H,29,34)(H,32,33)/t18?,19?,20-/m1/s1. The minimum absolute atomic E-state index is 0.0308. The van der Waals surface area contributed by atoms with Crippen LogP contribution in [0, 0.1) is 11.8 Å². The number of nitrogens with zero attached hydrogens (tertiary/aromatic N) is 1. The maximum atomic E-state index is 12.6. The van der Waals surface area contributed by atoms with Gasteiger partial charge in [0.05, 0.1) is 6.42 Å². The summed E-state index contributed by atoms with van der Waals surface area (Å²) in [7, 11) is 0. The molecule has 2 fully saturated rings. The van der Waals surface area contributed by atoms with Crippen LogP contribution in [0.3, 0.4) is 0 Å². The number of likely N-dealkylation sites (tertiary alicyclic amines) is 1. The van der Waals surface area contributed by atoms with Crippen molar-refractivity contribution >= 4 is 18.0 Å². The summed E-state index contributed by atoms with van der Waals surface area (Å²) in [6, 6.07) is 16.4. The van der Waals surface area contributed by atoms with Crippen LogP contribution in [-0.4, -0.2) is 53.7 Å². The topological polar surface area (TPSA) is 95.9 Å². The normalized spacial score (nSPS) is 22.7. The number of carbonyl (C=O) groups excluding carboxylic acids is 2. The zero-order valence-electron chi connectivity index (χ0n) is 19.8. The Bertz CT molecular complexity index is 1060. The second-order valence-corrected chi connectivity index (χ2v) is 10.1. The molecule has 0 unspecified atom stereocenters. The Hall–Kier alpha value is -3.35. The smallest absolute Gasteiger partial charge is 0.407 e. The van der Waals surface area contributed by atoms with E-state index in [4.69, 9.17) is 9.84 Å². The molecule has 2 amide bonds. The summed E-state index contributed by atoms with van der Waals surface area (Å²) in [6.07, 6.45) is 3.54. The van der Waals surface area contributed by atoms with Crippen molar-refractivity contribution in [1.82, 2.24) is 10.2 Å². The Morgan fingerprint density at radius 3 is 2.26 bits per heavy atom. The molecule has 2 aliphatic carbocycles. The zero-order chi connectivity index (χ0) is 24.4. The molecule has 0 aromatic heterocycles. The molecule has 35 heavy (non-hydrogen) atoms. The Labute approximate surface area is 205 Å². The van der Waals surface area contributed by atoms with E-state index < -0.39 is 12.1 Å². The van der Waals surface area contributed by atoms with Crippen molar-refractivity contribution in [3.8, 4) is 11.1 Å². The van der Waals surface area contributed by atoms with Crippen molar-refractivity contribution in [2.24, 2.45) is 11.8 Å². The summed E-state index contributed by atoms with van der Waals surface area (Å²) in [4.78, 5) is 37.8. The molecule has 0 bridgehead atoms. The molecule has 7 heteroatoms. The molecule has 1 saturated heterocycles. The monoisotopic (exact) mass is 476 g/mol. The number of carbonyl (C=O) groups is 3. The van der Waals surface area contributed by atoms with Crippen LogP contribution in [0.5, 0.6) is 0 Å². The van der Waals surface area contributed by atoms with E-state index in [0.717, 1.165) is 25.7 Å². The number of rotatable bonds is 8. The highest BCUT2D eigenvalue weighted by Crippen LogP contribution is 2.44. The first-order valence-electron chi connectivity index (χ1n) is 12.6. The van der Waals surface area contributed by atoms with Crippen molar-refractivity contribution < 1.29 is 24.2 Å². The summed E-state index contributed by atoms with van der Waals surface area (Å²) in [5.74, 6) is -0.0771. The average Bonchev–Trinajstić information content (AvgIpc) is 3.41. The van der Waals surface area contributed by atoms with Crippen LogP contribution in [0.15, 0.2) is 48.5 Å². The van der Waals surface area contributed by atoms with Crippen LogP contribution < -0.4 is 5.32 Å². The number of carboxylic acid groups (broad SMARTS) is 1. The summed E-state index contributed by atoms with van der Waals surface area (Å²) >= 11 is 0. The number of hydrogen-bond donors (Lipinski definition) is 2. The fourth-order valence-corrected chi connectivity index (χ4v) is 6.03. The van der Waals surface area contributed by atoms with Gasteiger partial charge in [-0.25, -0.2) is 4.79 Å². The first kappa shape index (κ1) is 23.4. The van der Waals surface area contributed by atoms with Gasteiger partial charge in [-0.15, -0.1) is 0 Å². The van der Waals surface area contributed by atoms with Gasteiger partial charge < -0.3 is 20.1 Å². The molecule has 2 aromatic carbocycles. The zero-order valence-corrected chi connectivity index (χ0v) is 19.8. The number of hydrogen-bond acceptors (Lipinski definition) is 4. The molecule has 0 radical (unpaired) electrons. The van der Waals surface area contributed by atoms with E-state index in [1.54, 1.807) is 4.90 Å². The third-order valence-corrected chi connectivity index (χ3v) is 7.78. The fraction of sp³-hybridized carbons (Fsp3) is 0.464. The number of nitrogens with one attached hydrogen (secondary N) is 1. The summed E-state index contributed by atoms with van der Waals surface area (Å²) in [5, 5.41) is 11.9. The van der Waals surface area contributed by atoms with Crippen LogP contribution in [-0.2, 0) is 14.3 Å². The number of fused-ring (bicyclic) bond motifs is 3. The Morgan fingerprint density at radius 1 is 0.943 bits per heavy atom. The fourth-order valence-electron chi connectivity index (χ4n) is 6.03. The lowest BCUT2D eigenvalue weighted by Gasteiger charge is -2.36. The van der Waals surface area contributed by atoms with E-state index in [1.165, 1.54) is 22.3 Å². The molecular weight excluding hydrogens is 444 g/mol. The van der Waals surface area contributed by atoms with Gasteiger partial charge in [-0.3, -0.25) is 9.59 Å². The lowest BCUT2D eigenvalue weighted by molar-refractivity contribution is -0.140. The van der Waals surface area contributed by atoms with Crippen molar-refractivity contribution in [3.63, 3.8) is 0 Å². The van der Waals surface area contributed by atoms with Gasteiger partial charge in [0.1, 0.15) is 6.61 Å². The number of aliphatic carboxylic acids is 1. The number of amides is 2. The Morgan fingerprint density at radius 2 is 1.60 bits per heavy atom. The van der Waals surface area contributed by atoms with Crippen molar-refractivity contribution in [2.75, 3.05) is 19.7 Å². The van der Waals surface area contributed by atoms with Gasteiger partial charge in [-0.2, -0.15) is 0 Å². The van der Waals surface area contributed by atoms with Gasteiger partial charge in [-0.1, -0.05) is 48.5 Å². The molecular formula is C28H32N2O5. The SMILES string of the molecule is O=C(O)C[C@H]1CCCN1C(=O)CC1CC(CNC(=O)OCC2c3ccccc3-c3ccccc32)C1. The van der Waals surface area contributed by atoms with Crippen LogP contribution in [0.2, 0.25) is 0 Å². The van der Waals surface area contributed by atoms with Gasteiger partial charge in [-0.05, 0) is 59.8 Å². The molecule has 1 atom stereocenters. The molecule has 1 aliphatic heterocycles. The summed E-state index contributed by atoms with van der Waals surface area (Å²) < 4.78 is 5.60. The van der Waals surface area contributed by atoms with E-state index in [0.29, 0.717) is 38.0 Å². The van der Waals surface area contributed by atoms with Gasteiger partial charge in [0.25, 0.3) is 0 Å². The maximum absolute atomic E-state index is 12.6. The van der Waals surface area contributed by atoms with E-state index in [-0.39, 0.29) is 24.3 Å². The third kappa shape index (κ3) is 5.04. The van der Waals surface area contributed by atoms with E-state index >= 15 is 0 Å². The number of alkyl carbamates (subject to hydrolysis) is 1. The largest absolute Gasteiger partial charge is 0.481 e. The molecule has 184 valence electrons. The summed E-state index contributed by atoms with van der Waals surface area (Å²) in [5.41, 5.74) is 4.79. The minimum Gasteiger partial charge on any atom is -0.481 e. The molecule has 1 saturated carbocycles. The predicted octanol–water partition coefficient (Wildman–Crippen LogP) is 4.41. The highest BCUT2D eigenvalue weighted by Gasteiger charge is 2.36. The Kier molecular flexibility index (Phi) is 6.75. The third-order valence-electron chi connectivity index (χ3n) is 7.78. The van der Waals surface area contributed by atoms with Gasteiger partial charge >= 0.3 is 12.1 Å². The van der Waals surface area contributed by atoms with Gasteiger partial charge in [0.2, 0.25) is 5.91 Å². The van der Waals surface area contributed by atoms with Crippen LogP contribution in [0.4, 0.5) is 4.79 Å². The van der Waals surface area contributed by atoms with Gasteiger partial charge in [0, 0.05) is 31.5 Å². The summed E-state index contributed by atoms with van der Waals surface area (Å²) in [6.45, 7) is 1.51. The molecule has 0 spiro atoms. The highest BCUT2D eigenvalue weighted by atomic mass is 16.5. The number of benzene rings is 2. The maximum Gasteiger partial charge on any atom is 0.407 e. The highest BCUT2D eigenvalue weighted by molar-refractivity contribution is 5.79. The van der Waals surface area contributed by atoms with Crippen molar-refractivity contribution in [3.05, 3.63) is 59.7 Å². The van der Waals surface area contributed by atoms with Crippen molar-refractivity contribution in [2.45, 2.75) is 50.5 Å². The van der Waals surface area contributed by atoms with E-state index in [2.05, 4.69) is 29.6 Å². The molecule has 3 aliphatic rings. The quantitative estimate of drug-likeness (QED) is 0.589. The lowest BCUT2D eigenvalue weighted by atomic mass is 9.73. The Balaban J connectivity index is 1.04. The first-order chi connectivity index (χ1) is 17.0. The first-order valence-corrected chi connectivity index (χ1v) is 12.6. The van der Waals surface area contributed by atoms with E-state index in [1.807, 2.05) is 24.3 Å². The number of carboxylic acids is 1. The molecule has 1 heterocycles. The molecule has 2 N–H and O–H groups in total. The lowest BCUT2D eigenvalue weighted by Crippen LogP contribution is -2.41. The molecule has 2 aromatic rings. The van der Waals surface area contributed by atoms with E-state index in [9.17, 15) is 14.4 Å². The molecule has 7 nitrogen and oxygen atoms in total. The van der Waals surface area contributed by atoms with Crippen LogP contribution in [0.25, 0.3) is 11.1 Å². The predicted molar refractivity (Wildman–Crippen MR) is 131 cm³/mol. The van der Waals surface area contributed by atoms with Crippen LogP contribution >= 0.6 is 0 Å². The van der Waals surface area contributed by atoms with Crippen LogP contribution in [0.1, 0.15) is 55.6 Å². The number of ether oxygens (including phenoxy) is 1. The second kappa shape index (κ2) is 10.1. The average molecular weight is 477 g/mol. The van der Waals surface area contributed by atoms with Crippen molar-refractivity contribution in [1.29, 1.82) is 0 Å². The molecule has 5 rings (SSSR count). The second-order valence-electron chi connectivity index (χ2n) is 10.1. The minimum atomic E-state index is -0.849.